The van der Waals surface area contributed by atoms with E-state index in [1.54, 1.807) is 0 Å². The number of rotatable bonds is 5. The Labute approximate surface area is 176 Å². The Hall–Kier alpha value is -3.22. The summed E-state index contributed by atoms with van der Waals surface area (Å²) in [4.78, 5) is 9.38. The summed E-state index contributed by atoms with van der Waals surface area (Å²) in [5, 5.41) is 8.24. The summed E-state index contributed by atoms with van der Waals surface area (Å²) < 4.78 is 1.86. The highest BCUT2D eigenvalue weighted by atomic mass is 15.3. The molecule has 1 aliphatic rings. The van der Waals surface area contributed by atoms with Gasteiger partial charge in [-0.1, -0.05) is 42.5 Å². The monoisotopic (exact) mass is 398 g/mol. The lowest BCUT2D eigenvalue weighted by Gasteiger charge is -2.32. The lowest BCUT2D eigenvalue weighted by atomic mass is 10.1. The molecule has 0 radical (unpaired) electrons. The molecule has 152 valence electrons. The molecule has 0 atom stereocenters. The molecule has 1 fully saturated rings. The predicted octanol–water partition coefficient (Wildman–Crippen LogP) is 3.89. The van der Waals surface area contributed by atoms with E-state index in [1.165, 1.54) is 5.56 Å². The highest BCUT2D eigenvalue weighted by molar-refractivity contribution is 5.64. The first kappa shape index (κ1) is 18.8. The lowest BCUT2D eigenvalue weighted by molar-refractivity contribution is 0.148. The van der Waals surface area contributed by atoms with Crippen LogP contribution in [0.5, 0.6) is 0 Å². The Morgan fingerprint density at radius 2 is 1.63 bits per heavy atom. The van der Waals surface area contributed by atoms with Crippen LogP contribution in [0.15, 0.2) is 72.9 Å². The highest BCUT2D eigenvalue weighted by Gasteiger charge is 2.14. The van der Waals surface area contributed by atoms with Crippen molar-refractivity contribution in [2.75, 3.05) is 38.5 Å². The molecule has 6 nitrogen and oxygen atoms in total. The summed E-state index contributed by atoms with van der Waals surface area (Å²) in [6, 6.07) is 22.9. The molecule has 3 heterocycles. The molecule has 0 unspecified atom stereocenters. The van der Waals surface area contributed by atoms with Crippen molar-refractivity contribution in [3.63, 3.8) is 0 Å². The summed E-state index contributed by atoms with van der Waals surface area (Å²) in [6.45, 7) is 5.56. The summed E-state index contributed by atoms with van der Waals surface area (Å²) in [5.41, 5.74) is 5.21. The third-order valence-corrected chi connectivity index (χ3v) is 5.66. The van der Waals surface area contributed by atoms with Gasteiger partial charge in [0.2, 0.25) is 0 Å². The summed E-state index contributed by atoms with van der Waals surface area (Å²) in [5.74, 6) is 0.856. The molecule has 1 N–H and O–H groups in total. The average Bonchev–Trinajstić information content (AvgIpc) is 3.19. The Kier molecular flexibility index (Phi) is 5.17. The maximum absolute atomic E-state index is 4.78. The molecule has 0 saturated carbocycles. The van der Waals surface area contributed by atoms with Gasteiger partial charge in [-0.3, -0.25) is 4.90 Å². The lowest BCUT2D eigenvalue weighted by Crippen LogP contribution is -2.43. The van der Waals surface area contributed by atoms with Gasteiger partial charge in [-0.15, -0.1) is 0 Å². The minimum Gasteiger partial charge on any atom is -0.339 e. The van der Waals surface area contributed by atoms with Crippen molar-refractivity contribution in [3.8, 4) is 11.3 Å². The third-order valence-electron chi connectivity index (χ3n) is 5.66. The van der Waals surface area contributed by atoms with Crippen molar-refractivity contribution in [3.05, 3.63) is 78.5 Å². The molecule has 0 amide bonds. The van der Waals surface area contributed by atoms with Gasteiger partial charge in [0.25, 0.3) is 0 Å². The normalized spacial score (nSPS) is 15.5. The van der Waals surface area contributed by atoms with Crippen LogP contribution in [0.1, 0.15) is 5.56 Å². The fourth-order valence-corrected chi connectivity index (χ4v) is 3.83. The number of benzene rings is 2. The number of fused-ring (bicyclic) bond motifs is 1. The molecule has 5 rings (SSSR count). The molecule has 30 heavy (non-hydrogen) atoms. The number of anilines is 2. The largest absolute Gasteiger partial charge is 0.339 e. The van der Waals surface area contributed by atoms with Gasteiger partial charge in [-0.25, -0.2) is 4.98 Å². The zero-order chi connectivity index (χ0) is 20.3. The molecular formula is C24H26N6. The first-order valence-corrected chi connectivity index (χ1v) is 10.4. The molecular weight excluding hydrogens is 372 g/mol. The van der Waals surface area contributed by atoms with Crippen molar-refractivity contribution in [1.82, 2.24) is 24.4 Å². The summed E-state index contributed by atoms with van der Waals surface area (Å²) in [6.07, 6.45) is 1.83. The van der Waals surface area contributed by atoms with Crippen LogP contribution in [0.3, 0.4) is 0 Å². The second-order valence-electron chi connectivity index (χ2n) is 7.90. The summed E-state index contributed by atoms with van der Waals surface area (Å²) >= 11 is 0. The minimum atomic E-state index is 0.823. The molecule has 1 aliphatic heterocycles. The van der Waals surface area contributed by atoms with Crippen LogP contribution < -0.4 is 5.32 Å². The van der Waals surface area contributed by atoms with Gasteiger partial charge in [0, 0.05) is 44.0 Å². The first-order valence-electron chi connectivity index (χ1n) is 10.4. The number of likely N-dealkylation sites (N-methyl/N-ethyl adjacent to an activating group) is 1. The second kappa shape index (κ2) is 8.26. The van der Waals surface area contributed by atoms with Crippen molar-refractivity contribution < 1.29 is 0 Å². The molecule has 6 heteroatoms. The van der Waals surface area contributed by atoms with E-state index in [2.05, 4.69) is 63.5 Å². The fourth-order valence-electron chi connectivity index (χ4n) is 3.83. The van der Waals surface area contributed by atoms with Crippen molar-refractivity contribution in [2.24, 2.45) is 0 Å². The number of hydrogen-bond acceptors (Lipinski definition) is 5. The van der Waals surface area contributed by atoms with Gasteiger partial charge >= 0.3 is 0 Å². The van der Waals surface area contributed by atoms with Crippen LogP contribution in [-0.4, -0.2) is 57.6 Å². The van der Waals surface area contributed by atoms with Crippen LogP contribution in [-0.2, 0) is 6.54 Å². The van der Waals surface area contributed by atoms with E-state index < -0.39 is 0 Å². The second-order valence-corrected chi connectivity index (χ2v) is 7.90. The van der Waals surface area contributed by atoms with Gasteiger partial charge in [0.15, 0.2) is 11.5 Å². The van der Waals surface area contributed by atoms with E-state index in [0.29, 0.717) is 0 Å². The number of nitrogens with zero attached hydrogens (tertiary/aromatic N) is 5. The van der Waals surface area contributed by atoms with E-state index >= 15 is 0 Å². The van der Waals surface area contributed by atoms with Gasteiger partial charge in [0.05, 0.1) is 11.9 Å². The van der Waals surface area contributed by atoms with E-state index in [9.17, 15) is 0 Å². The van der Waals surface area contributed by atoms with Crippen LogP contribution in [0.25, 0.3) is 16.9 Å². The Bertz CT molecular complexity index is 1110. The smallest absolute Gasteiger partial charge is 0.155 e. The Balaban J connectivity index is 1.31. The van der Waals surface area contributed by atoms with Gasteiger partial charge in [-0.05, 0) is 36.9 Å². The maximum Gasteiger partial charge on any atom is 0.155 e. The number of piperazine rings is 1. The molecule has 4 aromatic rings. The number of nitrogens with one attached hydrogen (secondary N) is 1. The van der Waals surface area contributed by atoms with E-state index in [0.717, 1.165) is 61.1 Å². The SMILES string of the molecule is CN1CCN(Cc2ccc(Nc3cnc4ccc(-c5ccccc5)nn34)cc2)CC1. The van der Waals surface area contributed by atoms with Crippen LogP contribution in [0.2, 0.25) is 0 Å². The predicted molar refractivity (Wildman–Crippen MR) is 121 cm³/mol. The molecule has 0 bridgehead atoms. The zero-order valence-electron chi connectivity index (χ0n) is 17.2. The van der Waals surface area contributed by atoms with Crippen molar-refractivity contribution in [2.45, 2.75) is 6.54 Å². The van der Waals surface area contributed by atoms with Gasteiger partial charge in [-0.2, -0.15) is 9.61 Å². The fraction of sp³-hybridized carbons (Fsp3) is 0.250. The molecule has 1 saturated heterocycles. The van der Waals surface area contributed by atoms with Crippen molar-refractivity contribution >= 4 is 17.2 Å². The Morgan fingerprint density at radius 1 is 0.867 bits per heavy atom. The topological polar surface area (TPSA) is 48.7 Å². The van der Waals surface area contributed by atoms with E-state index in [-0.39, 0.29) is 0 Å². The highest BCUT2D eigenvalue weighted by Crippen LogP contribution is 2.22. The van der Waals surface area contributed by atoms with Crippen LogP contribution in [0.4, 0.5) is 11.5 Å². The van der Waals surface area contributed by atoms with Gasteiger partial charge < -0.3 is 10.2 Å². The Morgan fingerprint density at radius 3 is 2.40 bits per heavy atom. The molecule has 0 spiro atoms. The summed E-state index contributed by atoms with van der Waals surface area (Å²) in [7, 11) is 2.19. The van der Waals surface area contributed by atoms with Gasteiger partial charge in [0.1, 0.15) is 0 Å². The first-order chi connectivity index (χ1) is 14.7. The van der Waals surface area contributed by atoms with E-state index in [1.807, 2.05) is 41.0 Å². The van der Waals surface area contributed by atoms with Crippen LogP contribution >= 0.6 is 0 Å². The third kappa shape index (κ3) is 4.06. The average molecular weight is 399 g/mol. The maximum atomic E-state index is 4.78. The quantitative estimate of drug-likeness (QED) is 0.553. The van der Waals surface area contributed by atoms with Crippen molar-refractivity contribution in [1.29, 1.82) is 0 Å². The number of hydrogen-bond donors (Lipinski definition) is 1. The number of aromatic nitrogens is 3. The number of imidazole rings is 1. The molecule has 2 aromatic carbocycles. The molecule has 0 aliphatic carbocycles. The zero-order valence-corrected chi connectivity index (χ0v) is 17.2. The standard InChI is InChI=1S/C24H26N6/c1-28-13-15-29(16-14-28)18-19-7-9-21(10-8-19)26-24-17-25-23-12-11-22(27-30(23)24)20-5-3-2-4-6-20/h2-12,17,26H,13-16,18H2,1H3. The molecule has 2 aromatic heterocycles. The minimum absolute atomic E-state index is 0.823. The van der Waals surface area contributed by atoms with E-state index in [4.69, 9.17) is 5.10 Å². The van der Waals surface area contributed by atoms with Crippen LogP contribution in [0, 0.1) is 0 Å².